The van der Waals surface area contributed by atoms with Gasteiger partial charge in [0, 0.05) is 37.8 Å². The number of nitrogens with zero attached hydrogens (tertiary/aromatic N) is 2. The quantitative estimate of drug-likeness (QED) is 0.752. The van der Waals surface area contributed by atoms with Crippen LogP contribution in [0.4, 0.5) is 5.69 Å². The highest BCUT2D eigenvalue weighted by atomic mass is 32.2. The minimum absolute atomic E-state index is 0.0627. The number of carbonyl (C=O) groups excluding carboxylic acids is 2. The van der Waals surface area contributed by atoms with E-state index in [0.717, 1.165) is 25.7 Å². The van der Waals surface area contributed by atoms with Crippen molar-refractivity contribution in [2.24, 2.45) is 5.92 Å². The van der Waals surface area contributed by atoms with Gasteiger partial charge in [0.15, 0.2) is 0 Å². The van der Waals surface area contributed by atoms with Gasteiger partial charge in [0.2, 0.25) is 21.8 Å². The predicted octanol–water partition coefficient (Wildman–Crippen LogP) is 2.45. The second-order valence-electron chi connectivity index (χ2n) is 7.49. The molecule has 1 aromatic rings. The molecule has 1 heterocycles. The van der Waals surface area contributed by atoms with E-state index >= 15 is 0 Å². The molecule has 0 spiro atoms. The minimum Gasteiger partial charge on any atom is -0.339 e. The van der Waals surface area contributed by atoms with E-state index in [9.17, 15) is 18.0 Å². The topological polar surface area (TPSA) is 86.8 Å². The van der Waals surface area contributed by atoms with E-state index in [4.69, 9.17) is 0 Å². The molecule has 3 rings (SSSR count). The third-order valence-electron chi connectivity index (χ3n) is 5.76. The van der Waals surface area contributed by atoms with Crippen molar-refractivity contribution in [2.45, 2.75) is 56.9 Å². The average Bonchev–Trinajstić information content (AvgIpc) is 3.32. The molecule has 8 heteroatoms. The number of hydrogen-bond acceptors (Lipinski definition) is 4. The Kier molecular flexibility index (Phi) is 6.40. The number of amides is 2. The van der Waals surface area contributed by atoms with Crippen LogP contribution in [0, 0.1) is 5.92 Å². The number of rotatable bonds is 7. The molecule has 2 aliphatic rings. The van der Waals surface area contributed by atoms with E-state index in [0.29, 0.717) is 25.3 Å². The fourth-order valence-corrected chi connectivity index (χ4v) is 5.60. The maximum atomic E-state index is 12.6. The van der Waals surface area contributed by atoms with Crippen molar-refractivity contribution >= 4 is 27.5 Å². The normalized spacial score (nSPS) is 20.9. The first-order chi connectivity index (χ1) is 13.4. The molecule has 0 bridgehead atoms. The van der Waals surface area contributed by atoms with E-state index in [1.807, 2.05) is 4.90 Å². The molecule has 1 saturated carbocycles. The van der Waals surface area contributed by atoms with Gasteiger partial charge in [-0.05, 0) is 37.1 Å². The molecule has 1 saturated heterocycles. The summed E-state index contributed by atoms with van der Waals surface area (Å²) in [5.41, 5.74) is 0.537. The molecule has 1 aliphatic carbocycles. The van der Waals surface area contributed by atoms with Crippen LogP contribution in [0.1, 0.15) is 46.0 Å². The molecule has 1 unspecified atom stereocenters. The first kappa shape index (κ1) is 20.8. The summed E-state index contributed by atoms with van der Waals surface area (Å²) in [6.07, 6.45) is 4.60. The fraction of sp³-hybridized carbons (Fsp3) is 0.600. The van der Waals surface area contributed by atoms with E-state index in [1.54, 1.807) is 26.0 Å². The molecule has 1 N–H and O–H groups in total. The zero-order valence-corrected chi connectivity index (χ0v) is 17.4. The van der Waals surface area contributed by atoms with Crippen molar-refractivity contribution in [3.8, 4) is 0 Å². The van der Waals surface area contributed by atoms with Gasteiger partial charge >= 0.3 is 0 Å². The number of hydrogen-bond donors (Lipinski definition) is 1. The van der Waals surface area contributed by atoms with E-state index < -0.39 is 10.0 Å². The van der Waals surface area contributed by atoms with Gasteiger partial charge in [-0.2, -0.15) is 4.31 Å². The van der Waals surface area contributed by atoms with E-state index in [-0.39, 0.29) is 35.1 Å². The molecular weight excluding hydrogens is 378 g/mol. The number of carbonyl (C=O) groups is 2. The summed E-state index contributed by atoms with van der Waals surface area (Å²) in [7, 11) is -3.52. The molecule has 7 nitrogen and oxygen atoms in total. The van der Waals surface area contributed by atoms with Gasteiger partial charge in [0.1, 0.15) is 0 Å². The first-order valence-electron chi connectivity index (χ1n) is 10.1. The van der Waals surface area contributed by atoms with Gasteiger partial charge in [0.25, 0.3) is 0 Å². The molecule has 2 amide bonds. The Hall–Kier alpha value is -1.93. The second-order valence-corrected chi connectivity index (χ2v) is 9.43. The van der Waals surface area contributed by atoms with E-state index in [1.165, 1.54) is 16.4 Å². The Labute approximate surface area is 167 Å². The zero-order valence-electron chi connectivity index (χ0n) is 16.6. The first-order valence-corrected chi connectivity index (χ1v) is 11.5. The molecule has 2 fully saturated rings. The summed E-state index contributed by atoms with van der Waals surface area (Å²) in [4.78, 5) is 26.9. The number of benzene rings is 1. The Morgan fingerprint density at radius 1 is 1.14 bits per heavy atom. The lowest BCUT2D eigenvalue weighted by Gasteiger charge is -2.23. The summed E-state index contributed by atoms with van der Waals surface area (Å²) >= 11 is 0. The van der Waals surface area contributed by atoms with Crippen LogP contribution in [-0.2, 0) is 19.6 Å². The van der Waals surface area contributed by atoms with Crippen LogP contribution in [0.2, 0.25) is 0 Å². The summed E-state index contributed by atoms with van der Waals surface area (Å²) in [6, 6.07) is 6.50. The van der Waals surface area contributed by atoms with Gasteiger partial charge in [-0.1, -0.05) is 26.7 Å². The van der Waals surface area contributed by atoms with Crippen LogP contribution in [0.15, 0.2) is 29.2 Å². The van der Waals surface area contributed by atoms with Gasteiger partial charge in [-0.25, -0.2) is 8.42 Å². The summed E-state index contributed by atoms with van der Waals surface area (Å²) in [5, 5.41) is 2.83. The van der Waals surface area contributed by atoms with Crippen molar-refractivity contribution in [2.75, 3.05) is 25.0 Å². The summed E-state index contributed by atoms with van der Waals surface area (Å²) in [6.45, 7) is 4.89. The maximum Gasteiger partial charge on any atom is 0.243 e. The fourth-order valence-electron chi connectivity index (χ4n) is 4.14. The number of anilines is 1. The van der Waals surface area contributed by atoms with Gasteiger partial charge in [-0.3, -0.25) is 9.59 Å². The Morgan fingerprint density at radius 2 is 1.75 bits per heavy atom. The van der Waals surface area contributed by atoms with E-state index in [2.05, 4.69) is 5.32 Å². The van der Waals surface area contributed by atoms with Crippen LogP contribution < -0.4 is 5.32 Å². The lowest BCUT2D eigenvalue weighted by molar-refractivity contribution is -0.129. The Morgan fingerprint density at radius 3 is 2.32 bits per heavy atom. The second kappa shape index (κ2) is 8.61. The molecule has 154 valence electrons. The highest BCUT2D eigenvalue weighted by Crippen LogP contribution is 2.30. The molecule has 28 heavy (non-hydrogen) atoms. The number of sulfonamides is 1. The van der Waals surface area contributed by atoms with Crippen molar-refractivity contribution in [1.82, 2.24) is 9.21 Å². The minimum atomic E-state index is -3.52. The molecule has 0 aromatic heterocycles. The van der Waals surface area contributed by atoms with Crippen molar-refractivity contribution < 1.29 is 18.0 Å². The Bertz CT molecular complexity index is 812. The molecule has 1 atom stereocenters. The van der Waals surface area contributed by atoms with Crippen molar-refractivity contribution in [3.63, 3.8) is 0 Å². The number of likely N-dealkylation sites (tertiary alicyclic amines) is 1. The SMILES string of the molecule is CCN(CC)S(=O)(=O)c1ccc(NC(=O)C2CC(=O)N(C3CCCC3)C2)cc1. The highest BCUT2D eigenvalue weighted by Gasteiger charge is 2.38. The smallest absolute Gasteiger partial charge is 0.243 e. The zero-order chi connectivity index (χ0) is 20.3. The predicted molar refractivity (Wildman–Crippen MR) is 107 cm³/mol. The molecule has 1 aliphatic heterocycles. The molecule has 1 aromatic carbocycles. The molecular formula is C20H29N3O4S. The van der Waals surface area contributed by atoms with Crippen LogP contribution in [0.3, 0.4) is 0 Å². The van der Waals surface area contributed by atoms with Crippen LogP contribution in [0.25, 0.3) is 0 Å². The molecule has 0 radical (unpaired) electrons. The van der Waals surface area contributed by atoms with Crippen molar-refractivity contribution in [1.29, 1.82) is 0 Å². The van der Waals surface area contributed by atoms with Crippen LogP contribution in [0.5, 0.6) is 0 Å². The number of nitrogens with one attached hydrogen (secondary N) is 1. The van der Waals surface area contributed by atoms with Gasteiger partial charge in [0.05, 0.1) is 10.8 Å². The van der Waals surface area contributed by atoms with Crippen LogP contribution in [-0.4, -0.2) is 55.1 Å². The average molecular weight is 408 g/mol. The monoisotopic (exact) mass is 407 g/mol. The van der Waals surface area contributed by atoms with Crippen LogP contribution >= 0.6 is 0 Å². The van der Waals surface area contributed by atoms with Gasteiger partial charge < -0.3 is 10.2 Å². The maximum absolute atomic E-state index is 12.6. The largest absolute Gasteiger partial charge is 0.339 e. The van der Waals surface area contributed by atoms with Gasteiger partial charge in [-0.15, -0.1) is 0 Å². The Balaban J connectivity index is 1.63. The summed E-state index contributed by atoms with van der Waals surface area (Å²) < 4.78 is 26.5. The van der Waals surface area contributed by atoms with Crippen molar-refractivity contribution in [3.05, 3.63) is 24.3 Å². The third kappa shape index (κ3) is 4.22. The third-order valence-corrected chi connectivity index (χ3v) is 7.82. The highest BCUT2D eigenvalue weighted by molar-refractivity contribution is 7.89. The lowest BCUT2D eigenvalue weighted by atomic mass is 10.1. The standard InChI is InChI=1S/C20H29N3O4S/c1-3-22(4-2)28(26,27)18-11-9-16(10-12-18)21-20(25)15-13-19(24)23(14-15)17-7-5-6-8-17/h9-12,15,17H,3-8,13-14H2,1-2H3,(H,21,25). The lowest BCUT2D eigenvalue weighted by Crippen LogP contribution is -2.35. The summed E-state index contributed by atoms with van der Waals surface area (Å²) in [5.74, 6) is -0.479.